The van der Waals surface area contributed by atoms with Crippen molar-refractivity contribution < 1.29 is 9.59 Å². The number of carbonyl (C=O) groups is 2. The third kappa shape index (κ3) is 5.29. The topological polar surface area (TPSA) is 46.2 Å². The first kappa shape index (κ1) is 13.4. The first-order valence-corrected chi connectivity index (χ1v) is 6.00. The minimum atomic E-state index is -0.108. The van der Waals surface area contributed by atoms with Crippen LogP contribution >= 0.6 is 0 Å². The van der Waals surface area contributed by atoms with Gasteiger partial charge in [0.1, 0.15) is 5.78 Å². The van der Waals surface area contributed by atoms with Crippen LogP contribution < -0.4 is 5.32 Å². The average molecular weight is 233 g/mol. The van der Waals surface area contributed by atoms with Crippen molar-refractivity contribution in [1.82, 2.24) is 0 Å². The van der Waals surface area contributed by atoms with Gasteiger partial charge in [-0.3, -0.25) is 4.79 Å². The number of amides is 1. The highest BCUT2D eigenvalue weighted by molar-refractivity contribution is 5.93. The Morgan fingerprint density at radius 1 is 1.12 bits per heavy atom. The van der Waals surface area contributed by atoms with Crippen molar-refractivity contribution in [2.45, 2.75) is 39.5 Å². The molecular formula is C14H19NO2. The van der Waals surface area contributed by atoms with Crippen LogP contribution in [0.2, 0.25) is 0 Å². The molecule has 1 aromatic rings. The van der Waals surface area contributed by atoms with Crippen LogP contribution in [0.5, 0.6) is 0 Å². The molecule has 1 amide bonds. The van der Waals surface area contributed by atoms with Crippen molar-refractivity contribution in [3.8, 4) is 0 Å². The number of Topliss-reactive ketones (excluding diaryl/α,β-unsaturated/α-hetero) is 1. The molecule has 0 bridgehead atoms. The molecule has 3 nitrogen and oxygen atoms in total. The van der Waals surface area contributed by atoms with Crippen LogP contribution in [0.1, 0.15) is 38.7 Å². The zero-order chi connectivity index (χ0) is 12.7. The lowest BCUT2D eigenvalue weighted by atomic mass is 10.1. The molecule has 0 heterocycles. The van der Waals surface area contributed by atoms with Gasteiger partial charge in [0.2, 0.25) is 5.91 Å². The van der Waals surface area contributed by atoms with Crippen molar-refractivity contribution in [1.29, 1.82) is 0 Å². The van der Waals surface area contributed by atoms with Gasteiger partial charge in [-0.05, 0) is 31.0 Å². The number of rotatable bonds is 6. The highest BCUT2D eigenvalue weighted by Gasteiger charge is 2.03. The molecule has 0 radical (unpaired) electrons. The Labute approximate surface area is 102 Å². The van der Waals surface area contributed by atoms with Crippen LogP contribution in [0.3, 0.4) is 0 Å². The highest BCUT2D eigenvalue weighted by atomic mass is 16.2. The molecule has 0 saturated heterocycles. The van der Waals surface area contributed by atoms with E-state index in [1.165, 1.54) is 12.5 Å². The van der Waals surface area contributed by atoms with E-state index in [9.17, 15) is 9.59 Å². The summed E-state index contributed by atoms with van der Waals surface area (Å²) in [4.78, 5) is 22.2. The smallest absolute Gasteiger partial charge is 0.224 e. The van der Waals surface area contributed by atoms with E-state index in [1.54, 1.807) is 0 Å². The Bertz CT molecular complexity index is 382. The number of nitrogens with one attached hydrogen (secondary N) is 1. The van der Waals surface area contributed by atoms with E-state index in [2.05, 4.69) is 12.2 Å². The lowest BCUT2D eigenvalue weighted by Gasteiger charge is -2.05. The van der Waals surface area contributed by atoms with Crippen LogP contribution in [-0.2, 0) is 16.0 Å². The second-order valence-corrected chi connectivity index (χ2v) is 4.20. The van der Waals surface area contributed by atoms with Crippen LogP contribution in [0, 0.1) is 0 Å². The number of carbonyl (C=O) groups excluding carboxylic acids is 2. The summed E-state index contributed by atoms with van der Waals surface area (Å²) in [5.74, 6) is -0.0677. The molecule has 0 spiro atoms. The van der Waals surface area contributed by atoms with Crippen molar-refractivity contribution >= 4 is 17.4 Å². The van der Waals surface area contributed by atoms with Gasteiger partial charge >= 0.3 is 0 Å². The standard InChI is InChI=1S/C14H19NO2/c1-3-4-12-6-8-13(9-7-12)15-14(17)10-5-11(2)16/h6-9H,3-5,10H2,1-2H3,(H,15,17). The van der Waals surface area contributed by atoms with E-state index in [0.29, 0.717) is 6.42 Å². The Morgan fingerprint density at radius 3 is 2.29 bits per heavy atom. The van der Waals surface area contributed by atoms with E-state index in [4.69, 9.17) is 0 Å². The van der Waals surface area contributed by atoms with Gasteiger partial charge in [-0.25, -0.2) is 0 Å². The number of ketones is 1. The quantitative estimate of drug-likeness (QED) is 0.821. The molecule has 0 saturated carbocycles. The summed E-state index contributed by atoms with van der Waals surface area (Å²) in [6.07, 6.45) is 2.73. The molecule has 0 atom stereocenters. The largest absolute Gasteiger partial charge is 0.326 e. The lowest BCUT2D eigenvalue weighted by Crippen LogP contribution is -2.12. The van der Waals surface area contributed by atoms with Gasteiger partial charge in [-0.1, -0.05) is 25.5 Å². The average Bonchev–Trinajstić information content (AvgIpc) is 2.29. The monoisotopic (exact) mass is 233 g/mol. The molecule has 1 aromatic carbocycles. The predicted octanol–water partition coefficient (Wildman–Crippen LogP) is 2.95. The maximum absolute atomic E-state index is 11.5. The van der Waals surface area contributed by atoms with Gasteiger partial charge < -0.3 is 10.1 Å². The molecule has 0 aliphatic heterocycles. The molecular weight excluding hydrogens is 214 g/mol. The fourth-order valence-electron chi connectivity index (χ4n) is 1.56. The number of anilines is 1. The zero-order valence-corrected chi connectivity index (χ0v) is 10.5. The van der Waals surface area contributed by atoms with Crippen LogP contribution in [-0.4, -0.2) is 11.7 Å². The Morgan fingerprint density at radius 2 is 1.76 bits per heavy atom. The Balaban J connectivity index is 2.45. The minimum absolute atomic E-state index is 0.0402. The van der Waals surface area contributed by atoms with Gasteiger partial charge in [0, 0.05) is 18.5 Å². The van der Waals surface area contributed by atoms with Crippen LogP contribution in [0.4, 0.5) is 5.69 Å². The molecule has 1 rings (SSSR count). The van der Waals surface area contributed by atoms with E-state index in [0.717, 1.165) is 18.5 Å². The molecule has 0 fully saturated rings. The molecule has 92 valence electrons. The third-order valence-electron chi connectivity index (χ3n) is 2.48. The van der Waals surface area contributed by atoms with E-state index in [-0.39, 0.29) is 18.1 Å². The first-order valence-electron chi connectivity index (χ1n) is 6.00. The summed E-state index contributed by atoms with van der Waals surface area (Å²) < 4.78 is 0. The lowest BCUT2D eigenvalue weighted by molar-refractivity contribution is -0.121. The van der Waals surface area contributed by atoms with Crippen LogP contribution in [0.15, 0.2) is 24.3 Å². The summed E-state index contributed by atoms with van der Waals surface area (Å²) in [6.45, 7) is 3.63. The molecule has 0 aromatic heterocycles. The molecule has 0 aliphatic rings. The third-order valence-corrected chi connectivity index (χ3v) is 2.48. The molecule has 3 heteroatoms. The predicted molar refractivity (Wildman–Crippen MR) is 69.0 cm³/mol. The van der Waals surface area contributed by atoms with Gasteiger partial charge in [-0.15, -0.1) is 0 Å². The van der Waals surface area contributed by atoms with Crippen LogP contribution in [0.25, 0.3) is 0 Å². The minimum Gasteiger partial charge on any atom is -0.326 e. The molecule has 0 unspecified atom stereocenters. The Kier molecular flexibility index (Phi) is 5.40. The summed E-state index contributed by atoms with van der Waals surface area (Å²) in [7, 11) is 0. The Hall–Kier alpha value is -1.64. The summed E-state index contributed by atoms with van der Waals surface area (Å²) in [6, 6.07) is 7.83. The van der Waals surface area contributed by atoms with Crippen molar-refractivity contribution in [3.05, 3.63) is 29.8 Å². The SMILES string of the molecule is CCCc1ccc(NC(=O)CCC(C)=O)cc1. The van der Waals surface area contributed by atoms with E-state index >= 15 is 0 Å². The number of hydrogen-bond donors (Lipinski definition) is 1. The second kappa shape index (κ2) is 6.84. The maximum Gasteiger partial charge on any atom is 0.224 e. The fraction of sp³-hybridized carbons (Fsp3) is 0.429. The van der Waals surface area contributed by atoms with Gasteiger partial charge in [0.15, 0.2) is 0 Å². The van der Waals surface area contributed by atoms with Crippen molar-refractivity contribution in [3.63, 3.8) is 0 Å². The van der Waals surface area contributed by atoms with Gasteiger partial charge in [0.05, 0.1) is 0 Å². The fourth-order valence-corrected chi connectivity index (χ4v) is 1.56. The molecule has 0 aliphatic carbocycles. The summed E-state index contributed by atoms with van der Waals surface area (Å²) >= 11 is 0. The van der Waals surface area contributed by atoms with Crippen molar-refractivity contribution in [2.24, 2.45) is 0 Å². The highest BCUT2D eigenvalue weighted by Crippen LogP contribution is 2.11. The number of benzene rings is 1. The number of hydrogen-bond acceptors (Lipinski definition) is 2. The van der Waals surface area contributed by atoms with E-state index in [1.807, 2.05) is 24.3 Å². The van der Waals surface area contributed by atoms with Gasteiger partial charge in [-0.2, -0.15) is 0 Å². The van der Waals surface area contributed by atoms with Gasteiger partial charge in [0.25, 0.3) is 0 Å². The number of aryl methyl sites for hydroxylation is 1. The first-order chi connectivity index (χ1) is 8.11. The summed E-state index contributed by atoms with van der Waals surface area (Å²) in [5.41, 5.74) is 2.06. The van der Waals surface area contributed by atoms with Crippen molar-refractivity contribution in [2.75, 3.05) is 5.32 Å². The second-order valence-electron chi connectivity index (χ2n) is 4.20. The van der Waals surface area contributed by atoms with E-state index < -0.39 is 0 Å². The maximum atomic E-state index is 11.5. The molecule has 1 N–H and O–H groups in total. The zero-order valence-electron chi connectivity index (χ0n) is 10.5. The normalized spacial score (nSPS) is 10.0. The summed E-state index contributed by atoms with van der Waals surface area (Å²) in [5, 5.41) is 2.78. The molecule has 17 heavy (non-hydrogen) atoms.